The van der Waals surface area contributed by atoms with E-state index in [1.54, 1.807) is 0 Å². The van der Waals surface area contributed by atoms with Crippen molar-refractivity contribution in [2.45, 2.75) is 64.8 Å². The van der Waals surface area contributed by atoms with E-state index in [4.69, 9.17) is 5.73 Å². The summed E-state index contributed by atoms with van der Waals surface area (Å²) in [7, 11) is 0. The van der Waals surface area contributed by atoms with E-state index < -0.39 is 0 Å². The van der Waals surface area contributed by atoms with E-state index in [2.05, 4.69) is 33.2 Å². The molecule has 0 atom stereocenters. The van der Waals surface area contributed by atoms with Crippen LogP contribution in [0, 0.1) is 0 Å². The maximum Gasteiger partial charge on any atom is 0.188 e. The zero-order chi connectivity index (χ0) is 17.0. The Hall–Kier alpha value is -1.78. The van der Waals surface area contributed by atoms with Gasteiger partial charge < -0.3 is 16.0 Å². The van der Waals surface area contributed by atoms with Crippen molar-refractivity contribution >= 4 is 11.8 Å². The minimum Gasteiger partial charge on any atom is -0.370 e. The van der Waals surface area contributed by atoms with Crippen molar-refractivity contribution in [1.29, 1.82) is 0 Å². The molecule has 1 fully saturated rings. The summed E-state index contributed by atoms with van der Waals surface area (Å²) in [5.41, 5.74) is 7.12. The van der Waals surface area contributed by atoms with Gasteiger partial charge >= 0.3 is 0 Å². The van der Waals surface area contributed by atoms with Gasteiger partial charge in [0.1, 0.15) is 5.82 Å². The molecule has 0 aromatic carbocycles. The average molecular weight is 332 g/mol. The molecule has 1 aliphatic heterocycles. The fourth-order valence-electron chi connectivity index (χ4n) is 3.03. The Balaban J connectivity index is 1.67. The zero-order valence-electron chi connectivity index (χ0n) is 15.1. The largest absolute Gasteiger partial charge is 0.370 e. The van der Waals surface area contributed by atoms with Gasteiger partial charge in [-0.3, -0.25) is 0 Å². The first-order valence-corrected chi connectivity index (χ1v) is 9.53. The topological polar surface area (TPSA) is 66.5 Å². The fraction of sp³-hybridized carbons (Fsp3) is 0.684. The van der Waals surface area contributed by atoms with Gasteiger partial charge in [0.05, 0.1) is 6.54 Å². The number of aliphatic imine (C=N–C) groups is 1. The summed E-state index contributed by atoms with van der Waals surface area (Å²) in [6, 6.07) is 4.15. The highest BCUT2D eigenvalue weighted by molar-refractivity contribution is 5.77. The van der Waals surface area contributed by atoms with Gasteiger partial charge in [0.2, 0.25) is 0 Å². The molecule has 0 aliphatic carbocycles. The van der Waals surface area contributed by atoms with E-state index in [0.29, 0.717) is 12.5 Å². The SMILES string of the molecule is CCCCCCCCNC(N)=NCc1ccnc(N2CCCC2)c1. The number of aromatic nitrogens is 1. The third-order valence-corrected chi connectivity index (χ3v) is 4.51. The van der Waals surface area contributed by atoms with E-state index in [0.717, 1.165) is 37.4 Å². The van der Waals surface area contributed by atoms with Crippen molar-refractivity contribution in [3.05, 3.63) is 23.9 Å². The van der Waals surface area contributed by atoms with Gasteiger partial charge in [-0.25, -0.2) is 9.98 Å². The normalized spacial score (nSPS) is 15.0. The van der Waals surface area contributed by atoms with Crippen molar-refractivity contribution in [2.24, 2.45) is 10.7 Å². The number of anilines is 1. The Kier molecular flexibility index (Phi) is 8.42. The third kappa shape index (κ3) is 6.77. The monoisotopic (exact) mass is 331 g/mol. The molecule has 2 rings (SSSR count). The van der Waals surface area contributed by atoms with Crippen molar-refractivity contribution in [3.63, 3.8) is 0 Å². The average Bonchev–Trinajstić information content (AvgIpc) is 3.14. The first-order chi connectivity index (χ1) is 11.8. The highest BCUT2D eigenvalue weighted by atomic mass is 15.2. The van der Waals surface area contributed by atoms with Gasteiger partial charge in [0, 0.05) is 25.8 Å². The van der Waals surface area contributed by atoms with Crippen LogP contribution < -0.4 is 16.0 Å². The predicted molar refractivity (Wildman–Crippen MR) is 102 cm³/mol. The van der Waals surface area contributed by atoms with Crippen molar-refractivity contribution in [3.8, 4) is 0 Å². The number of pyridine rings is 1. The summed E-state index contributed by atoms with van der Waals surface area (Å²) < 4.78 is 0. The van der Waals surface area contributed by atoms with Gasteiger partial charge in [-0.05, 0) is 37.0 Å². The van der Waals surface area contributed by atoms with Crippen LogP contribution in [0.3, 0.4) is 0 Å². The minimum atomic E-state index is 0.545. The van der Waals surface area contributed by atoms with Gasteiger partial charge in [0.15, 0.2) is 5.96 Å². The van der Waals surface area contributed by atoms with Crippen LogP contribution in [-0.4, -0.2) is 30.6 Å². The van der Waals surface area contributed by atoms with Crippen LogP contribution in [0.4, 0.5) is 5.82 Å². The number of unbranched alkanes of at least 4 members (excludes halogenated alkanes) is 5. The third-order valence-electron chi connectivity index (χ3n) is 4.51. The minimum absolute atomic E-state index is 0.545. The van der Waals surface area contributed by atoms with Crippen molar-refractivity contribution < 1.29 is 0 Å². The van der Waals surface area contributed by atoms with Gasteiger partial charge in [-0.15, -0.1) is 0 Å². The fourth-order valence-corrected chi connectivity index (χ4v) is 3.03. The molecule has 0 radical (unpaired) electrons. The van der Waals surface area contributed by atoms with Crippen LogP contribution in [0.1, 0.15) is 63.9 Å². The highest BCUT2D eigenvalue weighted by Crippen LogP contribution is 2.18. The first kappa shape index (κ1) is 18.6. The molecule has 3 N–H and O–H groups in total. The smallest absolute Gasteiger partial charge is 0.188 e. The summed E-state index contributed by atoms with van der Waals surface area (Å²) in [4.78, 5) is 11.3. The number of nitrogens with two attached hydrogens (primary N) is 1. The predicted octanol–water partition coefficient (Wildman–Crippen LogP) is 3.45. The van der Waals surface area contributed by atoms with Crippen molar-refractivity contribution in [2.75, 3.05) is 24.5 Å². The van der Waals surface area contributed by atoms with Crippen molar-refractivity contribution in [1.82, 2.24) is 10.3 Å². The van der Waals surface area contributed by atoms with Gasteiger partial charge in [-0.2, -0.15) is 0 Å². The molecule has 1 aromatic heterocycles. The maximum absolute atomic E-state index is 5.96. The number of nitrogens with one attached hydrogen (secondary N) is 1. The Labute approximate surface area is 146 Å². The molecule has 0 spiro atoms. The standard InChI is InChI=1S/C19H33N5/c1-2-3-4-5-6-7-11-22-19(20)23-16-17-10-12-21-18(15-17)24-13-8-9-14-24/h10,12,15H,2-9,11,13-14,16H2,1H3,(H3,20,22,23). The number of guanidine groups is 1. The molecule has 24 heavy (non-hydrogen) atoms. The molecule has 5 nitrogen and oxygen atoms in total. The second-order valence-electron chi connectivity index (χ2n) is 6.61. The van der Waals surface area contributed by atoms with Crippen LogP contribution in [0.15, 0.2) is 23.3 Å². The summed E-state index contributed by atoms with van der Waals surface area (Å²) >= 11 is 0. The second-order valence-corrected chi connectivity index (χ2v) is 6.61. The molecule has 1 saturated heterocycles. The lowest BCUT2D eigenvalue weighted by Gasteiger charge is -2.16. The molecule has 0 saturated carbocycles. The molecular weight excluding hydrogens is 298 g/mol. The van der Waals surface area contributed by atoms with Gasteiger partial charge in [-0.1, -0.05) is 39.0 Å². The Bertz CT molecular complexity index is 494. The molecule has 1 aliphatic rings. The van der Waals surface area contributed by atoms with Crippen LogP contribution in [0.2, 0.25) is 0 Å². The first-order valence-electron chi connectivity index (χ1n) is 9.53. The molecule has 0 amide bonds. The number of rotatable bonds is 10. The quantitative estimate of drug-likeness (QED) is 0.391. The molecule has 0 unspecified atom stereocenters. The summed E-state index contributed by atoms with van der Waals surface area (Å²) in [5.74, 6) is 1.61. The van der Waals surface area contributed by atoms with Crippen LogP contribution in [0.25, 0.3) is 0 Å². The molecule has 1 aromatic rings. The van der Waals surface area contributed by atoms with Gasteiger partial charge in [0.25, 0.3) is 0 Å². The summed E-state index contributed by atoms with van der Waals surface area (Å²) in [6.45, 7) is 5.99. The zero-order valence-corrected chi connectivity index (χ0v) is 15.1. The molecule has 2 heterocycles. The van der Waals surface area contributed by atoms with Crippen LogP contribution in [-0.2, 0) is 6.54 Å². The summed E-state index contributed by atoms with van der Waals surface area (Å²) in [6.07, 6.45) is 12.1. The van der Waals surface area contributed by atoms with E-state index in [1.807, 2.05) is 12.3 Å². The van der Waals surface area contributed by atoms with Crippen LogP contribution >= 0.6 is 0 Å². The van der Waals surface area contributed by atoms with E-state index >= 15 is 0 Å². The maximum atomic E-state index is 5.96. The van der Waals surface area contributed by atoms with E-state index in [-0.39, 0.29) is 0 Å². The van der Waals surface area contributed by atoms with Crippen LogP contribution in [0.5, 0.6) is 0 Å². The molecule has 5 heteroatoms. The lowest BCUT2D eigenvalue weighted by atomic mass is 10.1. The highest BCUT2D eigenvalue weighted by Gasteiger charge is 2.13. The molecule has 134 valence electrons. The summed E-state index contributed by atoms with van der Waals surface area (Å²) in [5, 5.41) is 3.22. The lowest BCUT2D eigenvalue weighted by Crippen LogP contribution is -2.32. The Morgan fingerprint density at radius 3 is 2.75 bits per heavy atom. The number of nitrogens with zero attached hydrogens (tertiary/aromatic N) is 3. The molecule has 0 bridgehead atoms. The number of hydrogen-bond donors (Lipinski definition) is 2. The lowest BCUT2D eigenvalue weighted by molar-refractivity contribution is 0.601. The Morgan fingerprint density at radius 2 is 1.96 bits per heavy atom. The second kappa shape index (κ2) is 10.9. The number of hydrogen-bond acceptors (Lipinski definition) is 3. The van der Waals surface area contributed by atoms with E-state index in [1.165, 1.54) is 44.9 Å². The Morgan fingerprint density at radius 1 is 1.21 bits per heavy atom. The van der Waals surface area contributed by atoms with E-state index in [9.17, 15) is 0 Å². The molecular formula is C19H33N5.